The summed E-state index contributed by atoms with van der Waals surface area (Å²) in [6.07, 6.45) is 0.367. The second kappa shape index (κ2) is 8.90. The fourth-order valence-corrected chi connectivity index (χ4v) is 7.28. The summed E-state index contributed by atoms with van der Waals surface area (Å²) in [5, 5.41) is 0. The van der Waals surface area contributed by atoms with Crippen molar-refractivity contribution in [3.05, 3.63) is 11.1 Å². The van der Waals surface area contributed by atoms with Gasteiger partial charge in [0.1, 0.15) is 0 Å². The highest BCUT2D eigenvalue weighted by Crippen LogP contribution is 2.75. The number of esters is 2. The van der Waals surface area contributed by atoms with Crippen LogP contribution in [0.1, 0.15) is 89.5 Å². The van der Waals surface area contributed by atoms with Gasteiger partial charge in [-0.2, -0.15) is 0 Å². The lowest BCUT2D eigenvalue weighted by Crippen LogP contribution is -2.63. The Balaban J connectivity index is 2.98. The molecule has 1 saturated carbocycles. The first-order valence-corrected chi connectivity index (χ1v) is 12.3. The van der Waals surface area contributed by atoms with Crippen molar-refractivity contribution in [2.45, 2.75) is 102 Å². The van der Waals surface area contributed by atoms with Crippen LogP contribution in [0.4, 0.5) is 0 Å². The van der Waals surface area contributed by atoms with Crippen molar-refractivity contribution in [1.29, 1.82) is 0 Å². The molecule has 4 heteroatoms. The Morgan fingerprint density at radius 3 is 1.13 bits per heavy atom. The number of carbonyl (C=O) groups is 2. The minimum atomic E-state index is -0.930. The number of allylic oxidation sites excluding steroid dienone is 2. The van der Waals surface area contributed by atoms with Gasteiger partial charge in [0, 0.05) is 0 Å². The molecule has 0 spiro atoms. The Morgan fingerprint density at radius 1 is 0.645 bits per heavy atom. The van der Waals surface area contributed by atoms with Crippen molar-refractivity contribution in [2.75, 3.05) is 0 Å². The Kier molecular flexibility index (Phi) is 7.45. The molecule has 2 bridgehead atoms. The standard InChI is InChI=1S/C27H46O4/c1-14(2)22-20-13-21(23(22)15(3)4)27(17(7)8,25(29)31-19(11)12)26(20,16(5)6)24(28)30-18(9)10/h14-21H,13H2,1-12H3. The molecule has 4 atom stereocenters. The van der Waals surface area contributed by atoms with Gasteiger partial charge < -0.3 is 9.47 Å². The number of fused-ring (bicyclic) bond motifs is 2. The summed E-state index contributed by atoms with van der Waals surface area (Å²) in [5.74, 6) is 0.0937. The summed E-state index contributed by atoms with van der Waals surface area (Å²) in [4.78, 5) is 28.2. The first kappa shape index (κ1) is 25.9. The Hall–Kier alpha value is -1.32. The van der Waals surface area contributed by atoms with E-state index in [0.29, 0.717) is 11.8 Å². The summed E-state index contributed by atoms with van der Waals surface area (Å²) >= 11 is 0. The van der Waals surface area contributed by atoms with Crippen LogP contribution >= 0.6 is 0 Å². The van der Waals surface area contributed by atoms with E-state index in [9.17, 15) is 9.59 Å². The lowest BCUT2D eigenvalue weighted by atomic mass is 9.46. The van der Waals surface area contributed by atoms with E-state index < -0.39 is 10.8 Å². The predicted molar refractivity (Wildman–Crippen MR) is 125 cm³/mol. The van der Waals surface area contributed by atoms with Crippen LogP contribution in [0.3, 0.4) is 0 Å². The lowest BCUT2D eigenvalue weighted by Gasteiger charge is -2.56. The quantitative estimate of drug-likeness (QED) is 0.326. The molecule has 0 amide bonds. The summed E-state index contributed by atoms with van der Waals surface area (Å²) in [5.41, 5.74) is 0.895. The smallest absolute Gasteiger partial charge is 0.314 e. The van der Waals surface area contributed by atoms with Gasteiger partial charge in [0.15, 0.2) is 0 Å². The molecule has 0 aromatic rings. The average Bonchev–Trinajstić information content (AvgIpc) is 3.12. The zero-order valence-electron chi connectivity index (χ0n) is 22.0. The largest absolute Gasteiger partial charge is 0.462 e. The first-order valence-electron chi connectivity index (χ1n) is 12.3. The third-order valence-electron chi connectivity index (χ3n) is 7.77. The van der Waals surface area contributed by atoms with Crippen molar-refractivity contribution < 1.29 is 19.1 Å². The van der Waals surface area contributed by atoms with E-state index in [4.69, 9.17) is 9.47 Å². The minimum absolute atomic E-state index is 0.00302. The van der Waals surface area contributed by atoms with Crippen LogP contribution in [0, 0.1) is 46.3 Å². The number of ether oxygens (including phenoxy) is 2. The van der Waals surface area contributed by atoms with Gasteiger partial charge in [-0.3, -0.25) is 9.59 Å². The van der Waals surface area contributed by atoms with Gasteiger partial charge in [-0.05, 0) is 69.6 Å². The first-order chi connectivity index (χ1) is 14.2. The second-order valence-electron chi connectivity index (χ2n) is 11.5. The maximum absolute atomic E-state index is 14.1. The summed E-state index contributed by atoms with van der Waals surface area (Å²) in [6.45, 7) is 24.8. The Bertz CT molecular complexity index is 668. The van der Waals surface area contributed by atoms with Gasteiger partial charge in [0.25, 0.3) is 0 Å². The van der Waals surface area contributed by atoms with Gasteiger partial charge in [-0.15, -0.1) is 0 Å². The fourth-order valence-electron chi connectivity index (χ4n) is 7.28. The molecule has 4 nitrogen and oxygen atoms in total. The van der Waals surface area contributed by atoms with Crippen LogP contribution in [-0.2, 0) is 19.1 Å². The molecule has 0 radical (unpaired) electrons. The molecule has 2 aliphatic rings. The van der Waals surface area contributed by atoms with Crippen LogP contribution < -0.4 is 0 Å². The lowest BCUT2D eigenvalue weighted by molar-refractivity contribution is -0.201. The summed E-state index contributed by atoms with van der Waals surface area (Å²) < 4.78 is 11.9. The van der Waals surface area contributed by atoms with Gasteiger partial charge in [-0.1, -0.05) is 66.5 Å². The highest BCUT2D eigenvalue weighted by Gasteiger charge is 2.79. The average molecular weight is 435 g/mol. The molecular weight excluding hydrogens is 388 g/mol. The van der Waals surface area contributed by atoms with Crippen LogP contribution in [0.25, 0.3) is 0 Å². The SMILES string of the molecule is CC(C)OC(=O)C1(C(C)C)C2CC(C(C(C)C)=C2C(C)C)C1(C(=O)OC(C)C)C(C)C. The number of rotatable bonds is 8. The molecule has 0 aromatic carbocycles. The van der Waals surface area contributed by atoms with Gasteiger partial charge in [-0.25, -0.2) is 0 Å². The highest BCUT2D eigenvalue weighted by molar-refractivity contribution is 5.92. The van der Waals surface area contributed by atoms with Crippen LogP contribution in [0.5, 0.6) is 0 Å². The van der Waals surface area contributed by atoms with E-state index in [-0.39, 0.29) is 47.8 Å². The molecule has 0 saturated heterocycles. The summed E-state index contributed by atoms with van der Waals surface area (Å²) in [6, 6.07) is 0. The molecule has 4 unspecified atom stereocenters. The second-order valence-corrected chi connectivity index (χ2v) is 11.5. The summed E-state index contributed by atoms with van der Waals surface area (Å²) in [7, 11) is 0. The van der Waals surface area contributed by atoms with Crippen LogP contribution in [-0.4, -0.2) is 24.1 Å². The van der Waals surface area contributed by atoms with Gasteiger partial charge in [0.05, 0.1) is 23.0 Å². The van der Waals surface area contributed by atoms with Crippen LogP contribution in [0.15, 0.2) is 11.1 Å². The third kappa shape index (κ3) is 3.56. The maximum atomic E-state index is 14.1. The number of hydrogen-bond donors (Lipinski definition) is 0. The molecule has 0 aromatic heterocycles. The van der Waals surface area contributed by atoms with Gasteiger partial charge >= 0.3 is 11.9 Å². The maximum Gasteiger partial charge on any atom is 0.314 e. The molecular formula is C27H46O4. The number of hydrogen-bond acceptors (Lipinski definition) is 4. The number of carbonyl (C=O) groups excluding carboxylic acids is 2. The Labute approximate surface area is 190 Å². The zero-order valence-corrected chi connectivity index (χ0v) is 22.0. The molecule has 178 valence electrons. The molecule has 2 aliphatic carbocycles. The van der Waals surface area contributed by atoms with E-state index in [1.807, 2.05) is 27.7 Å². The van der Waals surface area contributed by atoms with Crippen molar-refractivity contribution in [3.8, 4) is 0 Å². The van der Waals surface area contributed by atoms with Gasteiger partial charge in [0.2, 0.25) is 0 Å². The van der Waals surface area contributed by atoms with Crippen molar-refractivity contribution in [1.82, 2.24) is 0 Å². The van der Waals surface area contributed by atoms with Crippen molar-refractivity contribution >= 4 is 11.9 Å². The molecule has 0 heterocycles. The van der Waals surface area contributed by atoms with Crippen molar-refractivity contribution in [3.63, 3.8) is 0 Å². The Morgan fingerprint density at radius 2 is 0.935 bits per heavy atom. The highest BCUT2D eigenvalue weighted by atomic mass is 16.6. The normalized spacial score (nSPS) is 30.6. The third-order valence-corrected chi connectivity index (χ3v) is 7.77. The van der Waals surface area contributed by atoms with Crippen LogP contribution in [0.2, 0.25) is 0 Å². The molecule has 0 aliphatic heterocycles. The predicted octanol–water partition coefficient (Wildman–Crippen LogP) is 6.43. The molecule has 0 N–H and O–H groups in total. The zero-order chi connectivity index (χ0) is 24.0. The topological polar surface area (TPSA) is 52.6 Å². The van der Waals surface area contributed by atoms with E-state index in [1.54, 1.807) is 0 Å². The van der Waals surface area contributed by atoms with E-state index in [1.165, 1.54) is 11.1 Å². The molecule has 1 fully saturated rings. The molecule has 2 rings (SSSR count). The van der Waals surface area contributed by atoms with Crippen molar-refractivity contribution in [2.24, 2.45) is 46.3 Å². The molecule has 31 heavy (non-hydrogen) atoms. The van der Waals surface area contributed by atoms with E-state index in [2.05, 4.69) is 55.4 Å². The minimum Gasteiger partial charge on any atom is -0.462 e. The van der Waals surface area contributed by atoms with E-state index in [0.717, 1.165) is 6.42 Å². The van der Waals surface area contributed by atoms with E-state index >= 15 is 0 Å². The monoisotopic (exact) mass is 434 g/mol. The fraction of sp³-hybridized carbons (Fsp3) is 0.852.